The zero-order chi connectivity index (χ0) is 14.8. The van der Waals surface area contributed by atoms with Gasteiger partial charge < -0.3 is 9.84 Å². The second-order valence-corrected chi connectivity index (χ2v) is 6.36. The van der Waals surface area contributed by atoms with Crippen molar-refractivity contribution < 1.29 is 9.84 Å². The molecule has 0 aliphatic heterocycles. The normalized spacial score (nSPS) is 28.6. The van der Waals surface area contributed by atoms with E-state index < -0.39 is 11.7 Å². The van der Waals surface area contributed by atoms with E-state index in [-0.39, 0.29) is 0 Å². The van der Waals surface area contributed by atoms with Crippen molar-refractivity contribution in [1.29, 1.82) is 0 Å². The fourth-order valence-corrected chi connectivity index (χ4v) is 3.37. The van der Waals surface area contributed by atoms with Crippen LogP contribution in [0.5, 0.6) is 0 Å². The summed E-state index contributed by atoms with van der Waals surface area (Å²) in [4.78, 5) is 0. The van der Waals surface area contributed by atoms with Gasteiger partial charge in [-0.15, -0.1) is 0 Å². The first-order valence-corrected chi connectivity index (χ1v) is 7.86. The van der Waals surface area contributed by atoms with Crippen LogP contribution in [-0.2, 0) is 11.3 Å². The van der Waals surface area contributed by atoms with Crippen LogP contribution in [-0.4, -0.2) is 27.6 Å². The van der Waals surface area contributed by atoms with E-state index in [4.69, 9.17) is 16.3 Å². The van der Waals surface area contributed by atoms with E-state index >= 15 is 0 Å². The van der Waals surface area contributed by atoms with E-state index in [1.807, 2.05) is 4.68 Å². The molecular formula is C15H25ClN2O2. The second-order valence-electron chi connectivity index (χ2n) is 5.95. The number of hydrogen-bond donors (Lipinski definition) is 1. The van der Waals surface area contributed by atoms with E-state index in [1.54, 1.807) is 13.3 Å². The Labute approximate surface area is 126 Å². The highest BCUT2D eigenvalue weighted by Crippen LogP contribution is 2.44. The van der Waals surface area contributed by atoms with Gasteiger partial charge >= 0.3 is 0 Å². The number of ether oxygens (including phenoxy) is 1. The lowest BCUT2D eigenvalue weighted by Gasteiger charge is -2.41. The van der Waals surface area contributed by atoms with Crippen LogP contribution < -0.4 is 0 Å². The highest BCUT2D eigenvalue weighted by Gasteiger charge is 2.43. The number of hydrogen-bond acceptors (Lipinski definition) is 3. The number of halogens is 1. The summed E-state index contributed by atoms with van der Waals surface area (Å²) in [6.07, 6.45) is 5.72. The molecule has 1 aromatic heterocycles. The van der Waals surface area contributed by atoms with Crippen LogP contribution in [0.25, 0.3) is 0 Å². The van der Waals surface area contributed by atoms with Crippen molar-refractivity contribution >= 4 is 11.6 Å². The molecule has 0 aromatic carbocycles. The van der Waals surface area contributed by atoms with Gasteiger partial charge in [0.1, 0.15) is 6.10 Å². The van der Waals surface area contributed by atoms with Crippen LogP contribution in [0, 0.1) is 5.92 Å². The average molecular weight is 301 g/mol. The summed E-state index contributed by atoms with van der Waals surface area (Å²) >= 11 is 6.24. The highest BCUT2D eigenvalue weighted by molar-refractivity contribution is 6.31. The van der Waals surface area contributed by atoms with Crippen LogP contribution >= 0.6 is 11.6 Å². The number of methoxy groups -OCH3 is 1. The first kappa shape index (κ1) is 15.8. The first-order valence-electron chi connectivity index (χ1n) is 7.48. The Bertz CT molecular complexity index is 439. The zero-order valence-electron chi connectivity index (χ0n) is 12.6. The van der Waals surface area contributed by atoms with E-state index in [1.165, 1.54) is 0 Å². The van der Waals surface area contributed by atoms with Gasteiger partial charge in [-0.1, -0.05) is 25.4 Å². The molecule has 0 saturated heterocycles. The molecule has 4 nitrogen and oxygen atoms in total. The van der Waals surface area contributed by atoms with Gasteiger partial charge in [0, 0.05) is 13.7 Å². The lowest BCUT2D eigenvalue weighted by molar-refractivity contribution is -0.133. The molecule has 20 heavy (non-hydrogen) atoms. The van der Waals surface area contributed by atoms with E-state index in [0.717, 1.165) is 38.6 Å². The molecular weight excluding hydrogens is 276 g/mol. The Morgan fingerprint density at radius 1 is 1.55 bits per heavy atom. The van der Waals surface area contributed by atoms with E-state index in [2.05, 4.69) is 18.9 Å². The van der Waals surface area contributed by atoms with Crippen LogP contribution in [0.15, 0.2) is 6.20 Å². The second kappa shape index (κ2) is 6.46. The fourth-order valence-electron chi connectivity index (χ4n) is 3.12. The molecule has 1 heterocycles. The van der Waals surface area contributed by atoms with Crippen molar-refractivity contribution in [2.75, 3.05) is 7.11 Å². The molecule has 1 aliphatic rings. The summed E-state index contributed by atoms with van der Waals surface area (Å²) in [7, 11) is 1.69. The summed E-state index contributed by atoms with van der Waals surface area (Å²) in [5.74, 6) is 0.696. The Kier molecular flexibility index (Phi) is 5.10. The Hall–Kier alpha value is -0.580. The van der Waals surface area contributed by atoms with Gasteiger partial charge in [0.2, 0.25) is 0 Å². The molecule has 0 radical (unpaired) electrons. The summed E-state index contributed by atoms with van der Waals surface area (Å²) < 4.78 is 7.56. The van der Waals surface area contributed by atoms with Gasteiger partial charge in [0.05, 0.1) is 22.5 Å². The molecule has 5 heteroatoms. The molecule has 0 amide bonds. The summed E-state index contributed by atoms with van der Waals surface area (Å²) in [6, 6.07) is 0. The van der Waals surface area contributed by atoms with Crippen molar-refractivity contribution in [3.63, 3.8) is 0 Å². The molecule has 1 atom stereocenters. The Morgan fingerprint density at radius 2 is 2.20 bits per heavy atom. The van der Waals surface area contributed by atoms with Crippen LogP contribution in [0.3, 0.4) is 0 Å². The summed E-state index contributed by atoms with van der Waals surface area (Å²) in [5.41, 5.74) is 0.173. The summed E-state index contributed by atoms with van der Waals surface area (Å²) in [5, 5.41) is 15.7. The maximum absolute atomic E-state index is 10.9. The molecule has 0 spiro atoms. The van der Waals surface area contributed by atoms with Gasteiger partial charge in [-0.3, -0.25) is 4.68 Å². The molecule has 1 aliphatic carbocycles. The van der Waals surface area contributed by atoms with Crippen molar-refractivity contribution in [2.24, 2.45) is 5.92 Å². The third-order valence-electron chi connectivity index (χ3n) is 4.55. The zero-order valence-corrected chi connectivity index (χ0v) is 13.4. The van der Waals surface area contributed by atoms with Gasteiger partial charge in [-0.25, -0.2) is 0 Å². The van der Waals surface area contributed by atoms with Crippen molar-refractivity contribution in [1.82, 2.24) is 9.78 Å². The molecule has 1 N–H and O–H groups in total. The Balaban J connectivity index is 2.28. The quantitative estimate of drug-likeness (QED) is 0.904. The molecule has 0 bridgehead atoms. The predicted octanol–water partition coefficient (Wildman–Crippen LogP) is 3.58. The average Bonchev–Trinajstić information content (AvgIpc) is 2.81. The number of rotatable bonds is 5. The van der Waals surface area contributed by atoms with Gasteiger partial charge in [-0.2, -0.15) is 5.10 Å². The van der Waals surface area contributed by atoms with Crippen molar-refractivity contribution in [3.8, 4) is 0 Å². The third-order valence-corrected chi connectivity index (χ3v) is 4.84. The fraction of sp³-hybridized carbons (Fsp3) is 0.800. The molecule has 1 aromatic rings. The van der Waals surface area contributed by atoms with Gasteiger partial charge in [0.25, 0.3) is 0 Å². The lowest BCUT2D eigenvalue weighted by atomic mass is 9.75. The standard InChI is InChI=1S/C15H25ClN2O2/c1-4-9-18-13(12(16)10-17-18)14(19)15(20-3)7-5-11(2)6-8-15/h10-11,14,19H,4-9H2,1-3H3. The minimum Gasteiger partial charge on any atom is -0.384 e. The maximum atomic E-state index is 10.9. The number of aliphatic hydroxyl groups excluding tert-OH is 1. The minimum absolute atomic E-state index is 0.526. The number of aryl methyl sites for hydroxylation is 1. The van der Waals surface area contributed by atoms with Gasteiger partial charge in [-0.05, 0) is 38.0 Å². The minimum atomic E-state index is -0.721. The first-order chi connectivity index (χ1) is 9.54. The van der Waals surface area contributed by atoms with E-state index in [0.29, 0.717) is 16.6 Å². The smallest absolute Gasteiger partial charge is 0.126 e. The predicted molar refractivity (Wildman–Crippen MR) is 79.9 cm³/mol. The molecule has 1 fully saturated rings. The SMILES string of the molecule is CCCn1ncc(Cl)c1C(O)C1(OC)CCC(C)CC1. The third kappa shape index (κ3) is 2.87. The van der Waals surface area contributed by atoms with Crippen LogP contribution in [0.4, 0.5) is 0 Å². The maximum Gasteiger partial charge on any atom is 0.126 e. The Morgan fingerprint density at radius 3 is 2.75 bits per heavy atom. The van der Waals surface area contributed by atoms with Crippen LogP contribution in [0.1, 0.15) is 57.7 Å². The van der Waals surface area contributed by atoms with E-state index in [9.17, 15) is 5.11 Å². The topological polar surface area (TPSA) is 47.3 Å². The van der Waals surface area contributed by atoms with Gasteiger partial charge in [0.15, 0.2) is 0 Å². The number of aromatic nitrogens is 2. The number of aliphatic hydroxyl groups is 1. The molecule has 114 valence electrons. The molecule has 1 unspecified atom stereocenters. The largest absolute Gasteiger partial charge is 0.384 e. The number of nitrogens with zero attached hydrogens (tertiary/aromatic N) is 2. The van der Waals surface area contributed by atoms with Crippen molar-refractivity contribution in [3.05, 3.63) is 16.9 Å². The molecule has 2 rings (SSSR count). The molecule has 1 saturated carbocycles. The monoisotopic (exact) mass is 300 g/mol. The van der Waals surface area contributed by atoms with Crippen molar-refractivity contribution in [2.45, 2.75) is 64.2 Å². The van der Waals surface area contributed by atoms with Crippen LogP contribution in [0.2, 0.25) is 5.02 Å². The summed E-state index contributed by atoms with van der Waals surface area (Å²) in [6.45, 7) is 5.09. The highest BCUT2D eigenvalue weighted by atomic mass is 35.5. The lowest BCUT2D eigenvalue weighted by Crippen LogP contribution is -2.42.